The number of aromatic amines is 1. The molecule has 0 atom stereocenters. The van der Waals surface area contributed by atoms with Crippen LogP contribution in [0, 0.1) is 12.3 Å². The molecule has 0 aliphatic rings. The van der Waals surface area contributed by atoms with Crippen LogP contribution in [0.3, 0.4) is 0 Å². The third-order valence-electron chi connectivity index (χ3n) is 1.86. The molecule has 0 bridgehead atoms. The maximum atomic E-state index is 11.2. The van der Waals surface area contributed by atoms with E-state index >= 15 is 0 Å². The Bertz CT molecular complexity index is 422. The molecule has 1 aromatic heterocycles. The van der Waals surface area contributed by atoms with Crippen molar-refractivity contribution in [1.29, 1.82) is 0 Å². The van der Waals surface area contributed by atoms with Crippen LogP contribution in [0.4, 0.5) is 5.82 Å². The quantitative estimate of drug-likeness (QED) is 0.575. The van der Waals surface area contributed by atoms with Crippen LogP contribution >= 0.6 is 11.8 Å². The summed E-state index contributed by atoms with van der Waals surface area (Å²) < 4.78 is 0. The van der Waals surface area contributed by atoms with Crippen LogP contribution in [0.15, 0.2) is 10.9 Å². The van der Waals surface area contributed by atoms with Crippen LogP contribution in [0.2, 0.25) is 0 Å². The number of H-pyrrole nitrogens is 1. The highest BCUT2D eigenvalue weighted by molar-refractivity contribution is 7.99. The van der Waals surface area contributed by atoms with Crippen LogP contribution in [-0.2, 0) is 6.42 Å². The molecule has 0 fully saturated rings. The number of anilines is 1. The van der Waals surface area contributed by atoms with Gasteiger partial charge in [-0.3, -0.25) is 4.79 Å². The Morgan fingerprint density at radius 3 is 3.19 bits per heavy atom. The van der Waals surface area contributed by atoms with Gasteiger partial charge in [-0.2, -0.15) is 0 Å². The fourth-order valence-corrected chi connectivity index (χ4v) is 1.66. The van der Waals surface area contributed by atoms with Crippen molar-refractivity contribution >= 4 is 17.6 Å². The number of rotatable bonds is 6. The highest BCUT2D eigenvalue weighted by atomic mass is 32.2. The van der Waals surface area contributed by atoms with Gasteiger partial charge in [0.05, 0.1) is 5.75 Å². The lowest BCUT2D eigenvalue weighted by Crippen LogP contribution is -2.14. The van der Waals surface area contributed by atoms with Gasteiger partial charge in [0.1, 0.15) is 11.6 Å². The van der Waals surface area contributed by atoms with Crippen molar-refractivity contribution in [2.24, 2.45) is 0 Å². The molecule has 16 heavy (non-hydrogen) atoms. The van der Waals surface area contributed by atoms with E-state index in [1.54, 1.807) is 11.8 Å². The van der Waals surface area contributed by atoms with Crippen LogP contribution < -0.4 is 10.9 Å². The molecule has 0 aromatic carbocycles. The summed E-state index contributed by atoms with van der Waals surface area (Å²) >= 11 is 1.67. The van der Waals surface area contributed by atoms with Crippen molar-refractivity contribution in [2.75, 3.05) is 23.4 Å². The minimum Gasteiger partial charge on any atom is -0.369 e. The molecule has 1 heterocycles. The Kier molecular flexibility index (Phi) is 5.51. The second kappa shape index (κ2) is 6.96. The SMILES string of the molecule is C#CCSCCNc1cc(=O)[nH]c(CC)n1. The van der Waals surface area contributed by atoms with E-state index in [1.807, 2.05) is 6.92 Å². The largest absolute Gasteiger partial charge is 0.369 e. The van der Waals surface area contributed by atoms with Crippen molar-refractivity contribution in [3.05, 3.63) is 22.2 Å². The molecule has 0 aliphatic heterocycles. The second-order valence-electron chi connectivity index (χ2n) is 3.11. The van der Waals surface area contributed by atoms with Crippen LogP contribution in [-0.4, -0.2) is 28.0 Å². The molecule has 5 heteroatoms. The van der Waals surface area contributed by atoms with E-state index in [0.29, 0.717) is 17.4 Å². The number of hydrogen-bond acceptors (Lipinski definition) is 4. The summed E-state index contributed by atoms with van der Waals surface area (Å²) in [7, 11) is 0. The third-order valence-corrected chi connectivity index (χ3v) is 2.73. The zero-order valence-electron chi connectivity index (χ0n) is 9.25. The molecule has 2 N–H and O–H groups in total. The van der Waals surface area contributed by atoms with Crippen molar-refractivity contribution in [3.63, 3.8) is 0 Å². The summed E-state index contributed by atoms with van der Waals surface area (Å²) in [5.74, 6) is 5.50. The average molecular weight is 237 g/mol. The molecule has 1 aromatic rings. The number of nitrogens with one attached hydrogen (secondary N) is 2. The van der Waals surface area contributed by atoms with E-state index in [0.717, 1.165) is 18.7 Å². The average Bonchev–Trinajstić information content (AvgIpc) is 2.28. The van der Waals surface area contributed by atoms with Gasteiger partial charge in [0.2, 0.25) is 0 Å². The van der Waals surface area contributed by atoms with Crippen LogP contribution in [0.25, 0.3) is 0 Å². The van der Waals surface area contributed by atoms with Gasteiger partial charge in [0.15, 0.2) is 0 Å². The maximum Gasteiger partial charge on any atom is 0.252 e. The summed E-state index contributed by atoms with van der Waals surface area (Å²) in [5.41, 5.74) is -0.120. The summed E-state index contributed by atoms with van der Waals surface area (Å²) in [5, 5.41) is 3.10. The topological polar surface area (TPSA) is 57.8 Å². The van der Waals surface area contributed by atoms with Crippen LogP contribution in [0.5, 0.6) is 0 Å². The third kappa shape index (κ3) is 4.41. The van der Waals surface area contributed by atoms with E-state index in [1.165, 1.54) is 6.07 Å². The molecule has 4 nitrogen and oxygen atoms in total. The van der Waals surface area contributed by atoms with Gasteiger partial charge in [-0.15, -0.1) is 18.2 Å². The fourth-order valence-electron chi connectivity index (χ4n) is 1.15. The lowest BCUT2D eigenvalue weighted by Gasteiger charge is -2.05. The van der Waals surface area contributed by atoms with Gasteiger partial charge in [-0.05, 0) is 0 Å². The smallest absolute Gasteiger partial charge is 0.252 e. The molecule has 0 saturated carbocycles. The zero-order valence-corrected chi connectivity index (χ0v) is 10.1. The molecule has 0 spiro atoms. The number of nitrogens with zero attached hydrogens (tertiary/aromatic N) is 1. The minimum absolute atomic E-state index is 0.120. The van der Waals surface area contributed by atoms with Crippen molar-refractivity contribution in [3.8, 4) is 12.3 Å². The van der Waals surface area contributed by atoms with Gasteiger partial charge >= 0.3 is 0 Å². The first-order chi connectivity index (χ1) is 7.76. The number of terminal acetylenes is 1. The number of aromatic nitrogens is 2. The Labute approximate surface area is 99.3 Å². The molecule has 1 rings (SSSR count). The van der Waals surface area contributed by atoms with Gasteiger partial charge in [-0.1, -0.05) is 12.8 Å². The Balaban J connectivity index is 2.45. The van der Waals surface area contributed by atoms with Crippen molar-refractivity contribution < 1.29 is 0 Å². The summed E-state index contributed by atoms with van der Waals surface area (Å²) in [4.78, 5) is 18.2. The summed E-state index contributed by atoms with van der Waals surface area (Å²) in [6, 6.07) is 1.46. The molecule has 0 unspecified atom stereocenters. The van der Waals surface area contributed by atoms with Gasteiger partial charge in [0.25, 0.3) is 5.56 Å². The normalized spacial score (nSPS) is 9.75. The van der Waals surface area contributed by atoms with E-state index < -0.39 is 0 Å². The highest BCUT2D eigenvalue weighted by Gasteiger charge is 1.98. The first kappa shape index (κ1) is 12.7. The van der Waals surface area contributed by atoms with Crippen molar-refractivity contribution in [1.82, 2.24) is 9.97 Å². The number of hydrogen-bond donors (Lipinski definition) is 2. The summed E-state index contributed by atoms with van der Waals surface area (Å²) in [6.45, 7) is 2.71. The second-order valence-corrected chi connectivity index (χ2v) is 4.22. The van der Waals surface area contributed by atoms with E-state index in [2.05, 4.69) is 21.2 Å². The standard InChI is InChI=1S/C11H15N3OS/c1-3-6-16-7-5-12-10-8-11(15)14-9(4-2)13-10/h1,8H,4-7H2,2H3,(H2,12,13,14,15). The molecule has 0 radical (unpaired) electrons. The predicted molar refractivity (Wildman–Crippen MR) is 68.9 cm³/mol. The molecular weight excluding hydrogens is 222 g/mol. The molecule has 0 saturated heterocycles. The first-order valence-electron chi connectivity index (χ1n) is 5.11. The van der Waals surface area contributed by atoms with Gasteiger partial charge in [0, 0.05) is 24.8 Å². The Morgan fingerprint density at radius 1 is 1.69 bits per heavy atom. The van der Waals surface area contributed by atoms with Crippen molar-refractivity contribution in [2.45, 2.75) is 13.3 Å². The predicted octanol–water partition coefficient (Wildman–Crippen LogP) is 1.11. The minimum atomic E-state index is -0.120. The van der Waals surface area contributed by atoms with Gasteiger partial charge < -0.3 is 10.3 Å². The van der Waals surface area contributed by atoms with Crippen LogP contribution in [0.1, 0.15) is 12.7 Å². The molecular formula is C11H15N3OS. The maximum absolute atomic E-state index is 11.2. The lowest BCUT2D eigenvalue weighted by molar-refractivity contribution is 0.918. The number of thioether (sulfide) groups is 1. The van der Waals surface area contributed by atoms with E-state index in [-0.39, 0.29) is 5.56 Å². The number of aryl methyl sites for hydroxylation is 1. The van der Waals surface area contributed by atoms with Gasteiger partial charge in [-0.25, -0.2) is 4.98 Å². The first-order valence-corrected chi connectivity index (χ1v) is 6.27. The summed E-state index contributed by atoms with van der Waals surface area (Å²) in [6.07, 6.45) is 5.85. The molecule has 0 amide bonds. The lowest BCUT2D eigenvalue weighted by atomic mass is 10.4. The monoisotopic (exact) mass is 237 g/mol. The van der Waals surface area contributed by atoms with E-state index in [4.69, 9.17) is 6.42 Å². The molecule has 0 aliphatic carbocycles. The van der Waals surface area contributed by atoms with E-state index in [9.17, 15) is 4.79 Å². The fraction of sp³-hybridized carbons (Fsp3) is 0.455. The zero-order chi connectivity index (χ0) is 11.8. The molecule has 86 valence electrons. The highest BCUT2D eigenvalue weighted by Crippen LogP contribution is 2.01. The Morgan fingerprint density at radius 2 is 2.50 bits per heavy atom. The Hall–Kier alpha value is -1.41.